The summed E-state index contributed by atoms with van der Waals surface area (Å²) in [4.78, 5) is 2.12. The van der Waals surface area contributed by atoms with Crippen molar-refractivity contribution < 1.29 is 4.39 Å². The first-order valence-corrected chi connectivity index (χ1v) is 7.30. The quantitative estimate of drug-likeness (QED) is 0.907. The number of nitrogens with zero attached hydrogens (tertiary/aromatic N) is 1. The van der Waals surface area contributed by atoms with Gasteiger partial charge in [0.25, 0.3) is 0 Å². The van der Waals surface area contributed by atoms with E-state index in [0.717, 1.165) is 12.1 Å². The zero-order valence-corrected chi connectivity index (χ0v) is 13.1. The monoisotopic (exact) mass is 306 g/mol. The molecule has 0 radical (unpaired) electrons. The SMILES string of the molecule is Cc1ccc(CN(C)C(CN)c2ccc(Cl)c(F)c2)cc1. The second-order valence-corrected chi connectivity index (χ2v) is 5.73. The average molecular weight is 307 g/mol. The second-order valence-electron chi connectivity index (χ2n) is 5.33. The third-order valence-corrected chi connectivity index (χ3v) is 3.94. The Labute approximate surface area is 130 Å². The Balaban J connectivity index is 2.15. The van der Waals surface area contributed by atoms with Gasteiger partial charge < -0.3 is 5.73 Å². The minimum atomic E-state index is -0.406. The van der Waals surface area contributed by atoms with Gasteiger partial charge in [-0.1, -0.05) is 47.5 Å². The Morgan fingerprint density at radius 3 is 2.43 bits per heavy atom. The molecule has 0 bridgehead atoms. The molecule has 0 saturated heterocycles. The van der Waals surface area contributed by atoms with Crippen molar-refractivity contribution in [1.29, 1.82) is 0 Å². The maximum atomic E-state index is 13.6. The maximum absolute atomic E-state index is 13.6. The van der Waals surface area contributed by atoms with Crippen molar-refractivity contribution in [2.45, 2.75) is 19.5 Å². The first-order valence-electron chi connectivity index (χ1n) is 6.92. The fourth-order valence-corrected chi connectivity index (χ4v) is 2.50. The Kier molecular flexibility index (Phi) is 5.34. The van der Waals surface area contributed by atoms with E-state index in [1.54, 1.807) is 6.07 Å². The molecule has 4 heteroatoms. The standard InChI is InChI=1S/C17H20ClFN2/c1-12-3-5-13(6-4-12)11-21(2)17(10-20)14-7-8-15(18)16(19)9-14/h3-9,17H,10-11,20H2,1-2H3. The molecule has 2 aromatic carbocycles. The smallest absolute Gasteiger partial charge is 0.142 e. The molecule has 2 aromatic rings. The first kappa shape index (κ1) is 16.0. The van der Waals surface area contributed by atoms with E-state index in [2.05, 4.69) is 36.1 Å². The van der Waals surface area contributed by atoms with Gasteiger partial charge in [0.05, 0.1) is 5.02 Å². The molecule has 0 aromatic heterocycles. The summed E-state index contributed by atoms with van der Waals surface area (Å²) in [5.74, 6) is -0.406. The van der Waals surface area contributed by atoms with Crippen molar-refractivity contribution in [2.75, 3.05) is 13.6 Å². The van der Waals surface area contributed by atoms with Crippen molar-refractivity contribution in [1.82, 2.24) is 4.90 Å². The zero-order valence-electron chi connectivity index (χ0n) is 12.3. The van der Waals surface area contributed by atoms with Crippen LogP contribution in [0.5, 0.6) is 0 Å². The van der Waals surface area contributed by atoms with Crippen molar-refractivity contribution in [3.05, 3.63) is 70.0 Å². The Bertz CT molecular complexity index is 598. The van der Waals surface area contributed by atoms with Gasteiger partial charge in [-0.05, 0) is 37.2 Å². The number of hydrogen-bond donors (Lipinski definition) is 1. The number of aryl methyl sites for hydroxylation is 1. The number of likely N-dealkylation sites (N-methyl/N-ethyl adjacent to an activating group) is 1. The van der Waals surface area contributed by atoms with E-state index in [-0.39, 0.29) is 11.1 Å². The van der Waals surface area contributed by atoms with Crippen LogP contribution in [0.25, 0.3) is 0 Å². The highest BCUT2D eigenvalue weighted by Gasteiger charge is 2.17. The average Bonchev–Trinajstić information content (AvgIpc) is 2.46. The molecule has 112 valence electrons. The van der Waals surface area contributed by atoms with E-state index in [4.69, 9.17) is 17.3 Å². The van der Waals surface area contributed by atoms with Gasteiger partial charge in [-0.2, -0.15) is 0 Å². The molecular weight excluding hydrogens is 287 g/mol. The van der Waals surface area contributed by atoms with Crippen LogP contribution in [0, 0.1) is 12.7 Å². The molecule has 2 nitrogen and oxygen atoms in total. The molecule has 1 atom stereocenters. The summed E-state index contributed by atoms with van der Waals surface area (Å²) in [5.41, 5.74) is 9.15. The fourth-order valence-electron chi connectivity index (χ4n) is 2.38. The summed E-state index contributed by atoms with van der Waals surface area (Å²) in [5, 5.41) is 0.135. The summed E-state index contributed by atoms with van der Waals surface area (Å²) < 4.78 is 13.6. The van der Waals surface area contributed by atoms with E-state index >= 15 is 0 Å². The van der Waals surface area contributed by atoms with E-state index < -0.39 is 5.82 Å². The van der Waals surface area contributed by atoms with Gasteiger partial charge in [0.1, 0.15) is 5.82 Å². The van der Waals surface area contributed by atoms with Crippen molar-refractivity contribution in [2.24, 2.45) is 5.73 Å². The second kappa shape index (κ2) is 7.03. The van der Waals surface area contributed by atoms with Crippen LogP contribution in [-0.4, -0.2) is 18.5 Å². The van der Waals surface area contributed by atoms with Crippen LogP contribution >= 0.6 is 11.6 Å². The molecule has 0 aliphatic rings. The van der Waals surface area contributed by atoms with Crippen LogP contribution in [0.1, 0.15) is 22.7 Å². The molecule has 0 heterocycles. The number of benzene rings is 2. The first-order chi connectivity index (χ1) is 10.0. The van der Waals surface area contributed by atoms with Crippen LogP contribution in [0.3, 0.4) is 0 Å². The molecule has 0 amide bonds. The van der Waals surface area contributed by atoms with Crippen LogP contribution in [-0.2, 0) is 6.54 Å². The summed E-state index contributed by atoms with van der Waals surface area (Å²) in [6.07, 6.45) is 0. The van der Waals surface area contributed by atoms with Crippen LogP contribution in [0.2, 0.25) is 5.02 Å². The third kappa shape index (κ3) is 4.03. The highest BCUT2D eigenvalue weighted by molar-refractivity contribution is 6.30. The van der Waals surface area contributed by atoms with Gasteiger partial charge in [-0.15, -0.1) is 0 Å². The van der Waals surface area contributed by atoms with Gasteiger partial charge in [0, 0.05) is 19.1 Å². The number of nitrogens with two attached hydrogens (primary N) is 1. The molecule has 0 spiro atoms. The number of halogens is 2. The molecule has 0 aliphatic heterocycles. The van der Waals surface area contributed by atoms with Crippen molar-refractivity contribution in [3.8, 4) is 0 Å². The van der Waals surface area contributed by atoms with E-state index in [9.17, 15) is 4.39 Å². The molecule has 1 unspecified atom stereocenters. The zero-order chi connectivity index (χ0) is 15.4. The normalized spacial score (nSPS) is 12.7. The Morgan fingerprint density at radius 2 is 1.86 bits per heavy atom. The number of rotatable bonds is 5. The molecule has 21 heavy (non-hydrogen) atoms. The Morgan fingerprint density at radius 1 is 1.19 bits per heavy atom. The molecule has 2 rings (SSSR count). The molecule has 0 aliphatic carbocycles. The van der Waals surface area contributed by atoms with Gasteiger partial charge in [0.15, 0.2) is 0 Å². The maximum Gasteiger partial charge on any atom is 0.142 e. The summed E-state index contributed by atoms with van der Waals surface area (Å²) >= 11 is 5.73. The predicted octanol–water partition coefficient (Wildman–Crippen LogP) is 3.92. The molecule has 2 N–H and O–H groups in total. The van der Waals surface area contributed by atoms with Crippen LogP contribution < -0.4 is 5.73 Å². The lowest BCUT2D eigenvalue weighted by Crippen LogP contribution is -2.30. The van der Waals surface area contributed by atoms with Crippen LogP contribution in [0.15, 0.2) is 42.5 Å². The van der Waals surface area contributed by atoms with Gasteiger partial charge in [-0.25, -0.2) is 4.39 Å². The van der Waals surface area contributed by atoms with E-state index in [1.807, 2.05) is 13.1 Å². The minimum Gasteiger partial charge on any atom is -0.329 e. The highest BCUT2D eigenvalue weighted by atomic mass is 35.5. The van der Waals surface area contributed by atoms with Crippen molar-refractivity contribution in [3.63, 3.8) is 0 Å². The summed E-state index contributed by atoms with van der Waals surface area (Å²) in [6, 6.07) is 13.2. The summed E-state index contributed by atoms with van der Waals surface area (Å²) in [7, 11) is 1.99. The molecule has 0 saturated carbocycles. The lowest BCUT2D eigenvalue weighted by molar-refractivity contribution is 0.241. The number of hydrogen-bond acceptors (Lipinski definition) is 2. The lowest BCUT2D eigenvalue weighted by Gasteiger charge is -2.27. The molecular formula is C17H20ClFN2. The van der Waals surface area contributed by atoms with Crippen molar-refractivity contribution >= 4 is 11.6 Å². The summed E-state index contributed by atoms with van der Waals surface area (Å²) in [6.45, 7) is 3.24. The van der Waals surface area contributed by atoms with Gasteiger partial charge >= 0.3 is 0 Å². The van der Waals surface area contributed by atoms with E-state index in [0.29, 0.717) is 6.54 Å². The minimum absolute atomic E-state index is 0.0435. The predicted molar refractivity (Wildman–Crippen MR) is 85.9 cm³/mol. The third-order valence-electron chi connectivity index (χ3n) is 3.64. The topological polar surface area (TPSA) is 29.3 Å². The van der Waals surface area contributed by atoms with Gasteiger partial charge in [0.2, 0.25) is 0 Å². The van der Waals surface area contributed by atoms with E-state index in [1.165, 1.54) is 17.2 Å². The van der Waals surface area contributed by atoms with Crippen LogP contribution in [0.4, 0.5) is 4.39 Å². The fraction of sp³-hybridized carbons (Fsp3) is 0.294. The largest absolute Gasteiger partial charge is 0.329 e. The lowest BCUT2D eigenvalue weighted by atomic mass is 10.0. The highest BCUT2D eigenvalue weighted by Crippen LogP contribution is 2.24. The van der Waals surface area contributed by atoms with Gasteiger partial charge in [-0.3, -0.25) is 4.90 Å². The Hall–Kier alpha value is -1.42. The molecule has 0 fully saturated rings.